The summed E-state index contributed by atoms with van der Waals surface area (Å²) in [4.78, 5) is 0.0438. The topological polar surface area (TPSA) is 86.2 Å². The summed E-state index contributed by atoms with van der Waals surface area (Å²) in [5.41, 5.74) is 11.0. The predicted octanol–water partition coefficient (Wildman–Crippen LogP) is 0.855. The van der Waals surface area contributed by atoms with E-state index in [-0.39, 0.29) is 11.4 Å². The van der Waals surface area contributed by atoms with E-state index in [1.54, 1.807) is 0 Å². The van der Waals surface area contributed by atoms with Gasteiger partial charge in [0, 0.05) is 12.2 Å². The Labute approximate surface area is 93.7 Å². The fraction of sp³-hybridized carbons (Fsp3) is 0.200. The molecule has 0 unspecified atom stereocenters. The Kier molecular flexibility index (Phi) is 4.03. The summed E-state index contributed by atoms with van der Waals surface area (Å²) >= 11 is 0. The number of benzene rings is 1. The minimum Gasteiger partial charge on any atom is -0.399 e. The zero-order valence-electron chi connectivity index (χ0n) is 8.56. The van der Waals surface area contributed by atoms with Crippen LogP contribution in [-0.2, 0) is 9.84 Å². The predicted molar refractivity (Wildman–Crippen MR) is 61.2 cm³/mol. The van der Waals surface area contributed by atoms with Gasteiger partial charge in [-0.1, -0.05) is 0 Å². The summed E-state index contributed by atoms with van der Waals surface area (Å²) < 4.78 is 36.4. The normalized spacial score (nSPS) is 12.8. The fourth-order valence-electron chi connectivity index (χ4n) is 1.13. The molecule has 1 rings (SSSR count). The van der Waals surface area contributed by atoms with Gasteiger partial charge >= 0.3 is 0 Å². The van der Waals surface area contributed by atoms with Crippen LogP contribution < -0.4 is 11.5 Å². The zero-order chi connectivity index (χ0) is 12.2. The molecule has 0 saturated carbocycles. The van der Waals surface area contributed by atoms with Gasteiger partial charge in [0.05, 0.1) is 4.90 Å². The molecule has 0 atom stereocenters. The summed E-state index contributed by atoms with van der Waals surface area (Å²) in [6.45, 7) is -0.0247. The first kappa shape index (κ1) is 12.7. The van der Waals surface area contributed by atoms with Gasteiger partial charge < -0.3 is 11.5 Å². The van der Waals surface area contributed by atoms with Crippen LogP contribution in [0, 0.1) is 0 Å². The van der Waals surface area contributed by atoms with Crippen molar-refractivity contribution in [1.29, 1.82) is 0 Å². The second-order valence-electron chi connectivity index (χ2n) is 3.21. The molecule has 0 saturated heterocycles. The number of anilines is 1. The summed E-state index contributed by atoms with van der Waals surface area (Å²) in [6, 6.07) is 5.61. The highest BCUT2D eigenvalue weighted by Gasteiger charge is 2.16. The number of rotatable bonds is 4. The van der Waals surface area contributed by atoms with Gasteiger partial charge in [0.15, 0.2) is 9.84 Å². The average Bonchev–Trinajstić information content (AvgIpc) is 2.17. The van der Waals surface area contributed by atoms with E-state index in [9.17, 15) is 12.8 Å². The molecular formula is C10H13FN2O2S. The molecule has 1 aromatic rings. The maximum Gasteiger partial charge on any atom is 0.184 e. The molecule has 0 spiro atoms. The van der Waals surface area contributed by atoms with Crippen LogP contribution in [-0.4, -0.2) is 20.7 Å². The van der Waals surface area contributed by atoms with Crippen molar-refractivity contribution in [2.45, 2.75) is 4.90 Å². The Hall–Kier alpha value is -1.40. The molecule has 16 heavy (non-hydrogen) atoms. The molecule has 0 aliphatic carbocycles. The van der Waals surface area contributed by atoms with E-state index in [1.165, 1.54) is 24.3 Å². The van der Waals surface area contributed by atoms with Crippen molar-refractivity contribution in [3.63, 3.8) is 0 Å². The van der Waals surface area contributed by atoms with Crippen molar-refractivity contribution < 1.29 is 12.8 Å². The first-order chi connectivity index (χ1) is 7.45. The average molecular weight is 244 g/mol. The van der Waals surface area contributed by atoms with Crippen LogP contribution in [0.4, 0.5) is 10.1 Å². The van der Waals surface area contributed by atoms with Crippen molar-refractivity contribution in [2.24, 2.45) is 5.73 Å². The van der Waals surface area contributed by atoms with Gasteiger partial charge in [-0.15, -0.1) is 0 Å². The van der Waals surface area contributed by atoms with Gasteiger partial charge in [-0.3, -0.25) is 0 Å². The van der Waals surface area contributed by atoms with E-state index < -0.39 is 21.4 Å². The molecule has 4 nitrogen and oxygen atoms in total. The lowest BCUT2D eigenvalue weighted by Gasteiger charge is -2.03. The van der Waals surface area contributed by atoms with Crippen LogP contribution in [0.3, 0.4) is 0 Å². The molecule has 0 aliphatic rings. The van der Waals surface area contributed by atoms with Crippen molar-refractivity contribution in [3.05, 3.63) is 36.2 Å². The third-order valence-corrected chi connectivity index (χ3v) is 3.55. The van der Waals surface area contributed by atoms with Crippen LogP contribution in [0.2, 0.25) is 0 Å². The second-order valence-corrected chi connectivity index (χ2v) is 5.20. The SMILES string of the molecule is NC/C=C(\F)CS(=O)(=O)c1ccc(N)cc1. The lowest BCUT2D eigenvalue weighted by atomic mass is 10.3. The van der Waals surface area contributed by atoms with Crippen molar-refractivity contribution >= 4 is 15.5 Å². The third-order valence-electron chi connectivity index (χ3n) is 1.91. The molecule has 1 aromatic carbocycles. The number of nitrogens with two attached hydrogens (primary N) is 2. The molecule has 0 aromatic heterocycles. The lowest BCUT2D eigenvalue weighted by Crippen LogP contribution is -2.08. The largest absolute Gasteiger partial charge is 0.399 e. The molecule has 0 bridgehead atoms. The highest BCUT2D eigenvalue weighted by atomic mass is 32.2. The van der Waals surface area contributed by atoms with Gasteiger partial charge in [0.25, 0.3) is 0 Å². The van der Waals surface area contributed by atoms with Crippen LogP contribution >= 0.6 is 0 Å². The summed E-state index contributed by atoms with van der Waals surface area (Å²) in [6.07, 6.45) is 1.04. The Balaban J connectivity index is 2.95. The monoisotopic (exact) mass is 244 g/mol. The van der Waals surface area contributed by atoms with Crippen molar-refractivity contribution in [1.82, 2.24) is 0 Å². The molecule has 0 heterocycles. The molecule has 0 aliphatic heterocycles. The quantitative estimate of drug-likeness (QED) is 0.769. The third kappa shape index (κ3) is 3.32. The number of nitrogen functional groups attached to an aromatic ring is 1. The number of halogens is 1. The standard InChI is InChI=1S/C10H13FN2O2S/c11-8(5-6-12)7-16(14,15)10-3-1-9(13)2-4-10/h1-5H,6-7,12-13H2/b8-5-. The second kappa shape index (κ2) is 5.09. The Morgan fingerprint density at radius 1 is 1.31 bits per heavy atom. The molecule has 0 fully saturated rings. The van der Waals surface area contributed by atoms with E-state index >= 15 is 0 Å². The van der Waals surface area contributed by atoms with Gasteiger partial charge in [-0.2, -0.15) is 0 Å². The van der Waals surface area contributed by atoms with Crippen LogP contribution in [0.5, 0.6) is 0 Å². The molecule has 88 valence electrons. The molecular weight excluding hydrogens is 231 g/mol. The van der Waals surface area contributed by atoms with E-state index in [0.717, 1.165) is 6.08 Å². The minimum atomic E-state index is -3.65. The van der Waals surface area contributed by atoms with Gasteiger partial charge in [0.1, 0.15) is 11.6 Å². The van der Waals surface area contributed by atoms with Crippen LogP contribution in [0.15, 0.2) is 41.1 Å². The maximum atomic E-state index is 13.0. The van der Waals surface area contributed by atoms with E-state index in [1.807, 2.05) is 0 Å². The van der Waals surface area contributed by atoms with E-state index in [0.29, 0.717) is 5.69 Å². The summed E-state index contributed by atoms with van der Waals surface area (Å²) in [7, 11) is -3.65. The molecule has 4 N–H and O–H groups in total. The van der Waals surface area contributed by atoms with Crippen LogP contribution in [0.25, 0.3) is 0 Å². The van der Waals surface area contributed by atoms with Crippen molar-refractivity contribution in [2.75, 3.05) is 18.0 Å². The van der Waals surface area contributed by atoms with Crippen molar-refractivity contribution in [3.8, 4) is 0 Å². The molecule has 0 radical (unpaired) electrons. The fourth-order valence-corrected chi connectivity index (χ4v) is 2.33. The molecule has 6 heteroatoms. The first-order valence-corrected chi connectivity index (χ1v) is 6.24. The number of hydrogen-bond acceptors (Lipinski definition) is 4. The smallest absolute Gasteiger partial charge is 0.184 e. The number of sulfone groups is 1. The van der Waals surface area contributed by atoms with E-state index in [4.69, 9.17) is 11.5 Å². The summed E-state index contributed by atoms with van der Waals surface area (Å²) in [5.74, 6) is -1.42. The lowest BCUT2D eigenvalue weighted by molar-refractivity contribution is 0.583. The molecule has 0 amide bonds. The summed E-state index contributed by atoms with van der Waals surface area (Å²) in [5, 5.41) is 0. The highest BCUT2D eigenvalue weighted by Crippen LogP contribution is 2.16. The van der Waals surface area contributed by atoms with E-state index in [2.05, 4.69) is 0 Å². The van der Waals surface area contributed by atoms with Gasteiger partial charge in [-0.25, -0.2) is 12.8 Å². The maximum absolute atomic E-state index is 13.0. The minimum absolute atomic E-state index is 0.0247. The number of hydrogen-bond donors (Lipinski definition) is 2. The van der Waals surface area contributed by atoms with Crippen LogP contribution in [0.1, 0.15) is 0 Å². The van der Waals surface area contributed by atoms with Gasteiger partial charge in [0.2, 0.25) is 0 Å². The zero-order valence-corrected chi connectivity index (χ0v) is 9.37. The first-order valence-electron chi connectivity index (χ1n) is 4.58. The van der Waals surface area contributed by atoms with Gasteiger partial charge in [-0.05, 0) is 30.3 Å². The Morgan fingerprint density at radius 3 is 2.38 bits per heavy atom. The Bertz CT molecular complexity index is 480. The highest BCUT2D eigenvalue weighted by molar-refractivity contribution is 7.91. The Morgan fingerprint density at radius 2 is 1.88 bits per heavy atom.